The van der Waals surface area contributed by atoms with E-state index in [0.29, 0.717) is 13.1 Å². The van der Waals surface area contributed by atoms with Gasteiger partial charge in [-0.05, 0) is 20.8 Å². The molecule has 1 aliphatic rings. The van der Waals surface area contributed by atoms with Crippen molar-refractivity contribution < 1.29 is 19.5 Å². The van der Waals surface area contributed by atoms with Gasteiger partial charge in [0.05, 0.1) is 5.92 Å². The largest absolute Gasteiger partial charge is 0.481 e. The van der Waals surface area contributed by atoms with Crippen LogP contribution in [0.2, 0.25) is 0 Å². The summed E-state index contributed by atoms with van der Waals surface area (Å²) in [5.74, 6) is -1.37. The summed E-state index contributed by atoms with van der Waals surface area (Å²) in [6, 6.07) is -0.243. The van der Waals surface area contributed by atoms with Crippen LogP contribution in [0.3, 0.4) is 0 Å². The third-order valence-electron chi connectivity index (χ3n) is 3.44. The maximum Gasteiger partial charge on any atom is 0.317 e. The average Bonchev–Trinajstić information content (AvgIpc) is 2.23. The molecule has 3 amide bonds. The average molecular weight is 299 g/mol. The Bertz CT molecular complexity index is 411. The molecule has 0 aromatic rings. The minimum Gasteiger partial charge on any atom is -0.481 e. The molecule has 120 valence electrons. The highest BCUT2D eigenvalue weighted by Gasteiger charge is 2.37. The minimum absolute atomic E-state index is 0.0115. The Labute approximate surface area is 125 Å². The van der Waals surface area contributed by atoms with Crippen LogP contribution in [0, 0.1) is 11.8 Å². The van der Waals surface area contributed by atoms with Gasteiger partial charge >= 0.3 is 12.0 Å². The van der Waals surface area contributed by atoms with Crippen LogP contribution in [-0.2, 0) is 9.59 Å². The molecular formula is C14H25N3O4. The maximum atomic E-state index is 11.8. The second-order valence-corrected chi connectivity index (χ2v) is 6.57. The predicted molar refractivity (Wildman–Crippen MR) is 77.8 cm³/mol. The van der Waals surface area contributed by atoms with Crippen LogP contribution in [0.1, 0.15) is 34.1 Å². The van der Waals surface area contributed by atoms with E-state index in [4.69, 9.17) is 5.11 Å². The number of likely N-dealkylation sites (tertiary alicyclic amines) is 1. The Kier molecular flexibility index (Phi) is 5.57. The maximum absolute atomic E-state index is 11.8. The number of nitrogens with one attached hydrogen (secondary N) is 2. The van der Waals surface area contributed by atoms with Gasteiger partial charge in [-0.1, -0.05) is 6.92 Å². The summed E-state index contributed by atoms with van der Waals surface area (Å²) in [5.41, 5.74) is -0.279. The summed E-state index contributed by atoms with van der Waals surface area (Å²) in [4.78, 5) is 35.7. The van der Waals surface area contributed by atoms with Crippen molar-refractivity contribution >= 4 is 17.9 Å². The molecule has 1 rings (SSSR count). The first-order valence-electron chi connectivity index (χ1n) is 7.17. The van der Waals surface area contributed by atoms with E-state index in [9.17, 15) is 14.4 Å². The Morgan fingerprint density at radius 3 is 2.33 bits per heavy atom. The van der Waals surface area contributed by atoms with E-state index in [1.165, 1.54) is 0 Å². The molecule has 1 aliphatic heterocycles. The molecule has 0 aromatic heterocycles. The molecule has 7 nitrogen and oxygen atoms in total. The number of hydrogen-bond donors (Lipinski definition) is 3. The van der Waals surface area contributed by atoms with Crippen molar-refractivity contribution in [1.29, 1.82) is 0 Å². The fourth-order valence-corrected chi connectivity index (χ4v) is 2.07. The van der Waals surface area contributed by atoms with E-state index in [2.05, 4.69) is 10.6 Å². The molecule has 1 unspecified atom stereocenters. The van der Waals surface area contributed by atoms with Gasteiger partial charge in [-0.15, -0.1) is 0 Å². The summed E-state index contributed by atoms with van der Waals surface area (Å²) < 4.78 is 0. The number of carbonyl (C=O) groups is 3. The molecular weight excluding hydrogens is 274 g/mol. The zero-order chi connectivity index (χ0) is 16.2. The number of carbonyl (C=O) groups excluding carboxylic acids is 2. The first-order chi connectivity index (χ1) is 9.60. The molecule has 0 spiro atoms. The monoisotopic (exact) mass is 299 g/mol. The SMILES string of the molecule is CC(C(=O)O)C1CN(C(=O)NCCC(=O)NC(C)(C)C)C1. The van der Waals surface area contributed by atoms with Gasteiger partial charge in [0.15, 0.2) is 0 Å². The molecule has 1 fully saturated rings. The fourth-order valence-electron chi connectivity index (χ4n) is 2.07. The first-order valence-corrected chi connectivity index (χ1v) is 7.17. The van der Waals surface area contributed by atoms with Gasteiger partial charge in [-0.25, -0.2) is 4.79 Å². The molecule has 21 heavy (non-hydrogen) atoms. The topological polar surface area (TPSA) is 98.7 Å². The Hall–Kier alpha value is -1.79. The van der Waals surface area contributed by atoms with E-state index in [0.717, 1.165) is 0 Å². The lowest BCUT2D eigenvalue weighted by Crippen LogP contribution is -2.56. The van der Waals surface area contributed by atoms with Crippen molar-refractivity contribution in [3.05, 3.63) is 0 Å². The third-order valence-corrected chi connectivity index (χ3v) is 3.44. The van der Waals surface area contributed by atoms with Crippen molar-refractivity contribution in [2.45, 2.75) is 39.7 Å². The second kappa shape index (κ2) is 6.78. The number of carboxylic acid groups (broad SMARTS) is 1. The number of carboxylic acids is 1. The van der Waals surface area contributed by atoms with Crippen molar-refractivity contribution in [3.8, 4) is 0 Å². The predicted octanol–water partition coefficient (Wildman–Crippen LogP) is 0.653. The highest BCUT2D eigenvalue weighted by molar-refractivity contribution is 5.79. The number of aliphatic carboxylic acids is 1. The van der Waals surface area contributed by atoms with Crippen LogP contribution >= 0.6 is 0 Å². The molecule has 0 bridgehead atoms. The molecule has 0 aromatic carbocycles. The van der Waals surface area contributed by atoms with Crippen molar-refractivity contribution in [1.82, 2.24) is 15.5 Å². The van der Waals surface area contributed by atoms with E-state index in [1.54, 1.807) is 11.8 Å². The van der Waals surface area contributed by atoms with Crippen LogP contribution in [0.15, 0.2) is 0 Å². The zero-order valence-corrected chi connectivity index (χ0v) is 13.1. The number of amides is 3. The minimum atomic E-state index is -0.834. The van der Waals surface area contributed by atoms with E-state index in [1.807, 2.05) is 20.8 Å². The standard InChI is InChI=1S/C14H25N3O4/c1-9(12(19)20)10-7-17(8-10)13(21)15-6-5-11(18)16-14(2,3)4/h9-10H,5-8H2,1-4H3,(H,15,21)(H,16,18)(H,19,20). The van der Waals surface area contributed by atoms with Gasteiger partial charge in [0.25, 0.3) is 0 Å². The van der Waals surface area contributed by atoms with Gasteiger partial charge in [0.2, 0.25) is 5.91 Å². The summed E-state index contributed by atoms with van der Waals surface area (Å²) in [5, 5.41) is 14.4. The number of urea groups is 1. The molecule has 3 N–H and O–H groups in total. The third kappa shape index (κ3) is 5.61. The van der Waals surface area contributed by atoms with E-state index < -0.39 is 11.9 Å². The van der Waals surface area contributed by atoms with Crippen LogP contribution < -0.4 is 10.6 Å². The normalized spacial score (nSPS) is 16.9. The lowest BCUT2D eigenvalue weighted by molar-refractivity contribution is -0.144. The summed E-state index contributed by atoms with van der Waals surface area (Å²) in [7, 11) is 0. The molecule has 0 aliphatic carbocycles. The van der Waals surface area contributed by atoms with Gasteiger partial charge in [0.1, 0.15) is 0 Å². The van der Waals surface area contributed by atoms with Crippen LogP contribution in [0.25, 0.3) is 0 Å². The quantitative estimate of drug-likeness (QED) is 0.694. The zero-order valence-electron chi connectivity index (χ0n) is 13.1. The summed E-state index contributed by atoms with van der Waals surface area (Å²) in [6.45, 7) is 8.52. The first kappa shape index (κ1) is 17.3. The van der Waals surface area contributed by atoms with Gasteiger partial charge in [0, 0.05) is 37.5 Å². The molecule has 1 heterocycles. The van der Waals surface area contributed by atoms with Crippen LogP contribution in [0.4, 0.5) is 4.79 Å². The van der Waals surface area contributed by atoms with Crippen molar-refractivity contribution in [2.24, 2.45) is 11.8 Å². The molecule has 0 saturated carbocycles. The summed E-state index contributed by atoms with van der Waals surface area (Å²) in [6.07, 6.45) is 0.228. The smallest absolute Gasteiger partial charge is 0.317 e. The van der Waals surface area contributed by atoms with Crippen LogP contribution in [-0.4, -0.2) is 53.1 Å². The Balaban J connectivity index is 2.19. The van der Waals surface area contributed by atoms with Crippen LogP contribution in [0.5, 0.6) is 0 Å². The van der Waals surface area contributed by atoms with Crippen molar-refractivity contribution in [2.75, 3.05) is 19.6 Å². The lowest BCUT2D eigenvalue weighted by atomic mass is 9.87. The fraction of sp³-hybridized carbons (Fsp3) is 0.786. The number of nitrogens with zero attached hydrogens (tertiary/aromatic N) is 1. The highest BCUT2D eigenvalue weighted by Crippen LogP contribution is 2.23. The molecule has 1 saturated heterocycles. The lowest BCUT2D eigenvalue weighted by Gasteiger charge is -2.41. The number of hydrogen-bond acceptors (Lipinski definition) is 3. The second-order valence-electron chi connectivity index (χ2n) is 6.57. The Morgan fingerprint density at radius 1 is 1.29 bits per heavy atom. The van der Waals surface area contributed by atoms with Gasteiger partial charge < -0.3 is 20.6 Å². The van der Waals surface area contributed by atoms with Gasteiger partial charge in [-0.2, -0.15) is 0 Å². The summed E-state index contributed by atoms with van der Waals surface area (Å²) >= 11 is 0. The van der Waals surface area contributed by atoms with E-state index in [-0.39, 0.29) is 36.4 Å². The van der Waals surface area contributed by atoms with Crippen molar-refractivity contribution in [3.63, 3.8) is 0 Å². The number of rotatable bonds is 5. The highest BCUT2D eigenvalue weighted by atomic mass is 16.4. The molecule has 7 heteroatoms. The Morgan fingerprint density at radius 2 is 1.86 bits per heavy atom. The molecule has 0 radical (unpaired) electrons. The molecule has 1 atom stereocenters. The van der Waals surface area contributed by atoms with E-state index >= 15 is 0 Å². The van der Waals surface area contributed by atoms with Gasteiger partial charge in [-0.3, -0.25) is 9.59 Å².